The molecule has 6 heteroatoms. The number of aliphatic hydroxyl groups excluding tert-OH is 1. The Balaban J connectivity index is 1.87. The van der Waals surface area contributed by atoms with Gasteiger partial charge in [-0.3, -0.25) is 4.90 Å². The fourth-order valence-corrected chi connectivity index (χ4v) is 4.46. The number of β-amino-alcohol motifs (C(OH)–C–C–N with tert-alkyl or cyclic N) is 1. The van der Waals surface area contributed by atoms with Crippen LogP contribution in [0.5, 0.6) is 0 Å². The molecule has 1 heterocycles. The molecule has 1 aliphatic rings. The first-order valence-corrected chi connectivity index (χ1v) is 10.3. The molecular formula is C18H30N2O3S. The van der Waals surface area contributed by atoms with Gasteiger partial charge in [0, 0.05) is 25.7 Å². The zero-order chi connectivity index (χ0) is 17.7. The molecule has 1 aliphatic heterocycles. The van der Waals surface area contributed by atoms with Crippen LogP contribution in [0.1, 0.15) is 39.2 Å². The number of nitrogens with zero attached hydrogens (tertiary/aromatic N) is 1. The maximum Gasteiger partial charge on any atom is 0.240 e. The van der Waals surface area contributed by atoms with Gasteiger partial charge in [-0.1, -0.05) is 32.4 Å². The zero-order valence-corrected chi connectivity index (χ0v) is 15.7. The number of aryl methyl sites for hydroxylation is 1. The third kappa shape index (κ3) is 5.28. The van der Waals surface area contributed by atoms with Crippen LogP contribution in [0.2, 0.25) is 0 Å². The Morgan fingerprint density at radius 1 is 1.29 bits per heavy atom. The first-order chi connectivity index (χ1) is 11.3. The van der Waals surface area contributed by atoms with Crippen LogP contribution < -0.4 is 4.72 Å². The first-order valence-electron chi connectivity index (χ1n) is 8.82. The third-order valence-corrected chi connectivity index (χ3v) is 6.08. The number of hydrogen-bond donors (Lipinski definition) is 2. The molecule has 136 valence electrons. The van der Waals surface area contributed by atoms with E-state index in [1.807, 2.05) is 12.1 Å². The summed E-state index contributed by atoms with van der Waals surface area (Å²) in [5.41, 5.74) is 1.13. The molecule has 0 bridgehead atoms. The second-order valence-electron chi connectivity index (χ2n) is 7.04. The molecule has 0 spiro atoms. The Kier molecular flexibility index (Phi) is 6.80. The van der Waals surface area contributed by atoms with Crippen LogP contribution in [-0.4, -0.2) is 50.2 Å². The first kappa shape index (κ1) is 19.4. The maximum absolute atomic E-state index is 12.3. The highest BCUT2D eigenvalue weighted by Crippen LogP contribution is 2.22. The van der Waals surface area contributed by atoms with Gasteiger partial charge in [-0.05, 0) is 43.4 Å². The van der Waals surface area contributed by atoms with Crippen LogP contribution in [-0.2, 0) is 16.4 Å². The quantitative estimate of drug-likeness (QED) is 0.749. The van der Waals surface area contributed by atoms with Crippen LogP contribution in [0, 0.1) is 5.92 Å². The van der Waals surface area contributed by atoms with E-state index in [0.29, 0.717) is 18.5 Å². The van der Waals surface area contributed by atoms with E-state index in [9.17, 15) is 13.5 Å². The molecule has 1 aromatic carbocycles. The standard InChI is InChI=1S/C18H30N2O3S/c1-4-5-16-6-8-18(9-7-16)24(22,23)19-11-17(21)13-20-12-14(2)10-15(20)3/h6-9,14-15,17,19,21H,4-5,10-13H2,1-3H3/t14?,15?,17-/m1/s1. The molecule has 2 rings (SSSR count). The van der Waals surface area contributed by atoms with Gasteiger partial charge in [0.1, 0.15) is 0 Å². The molecule has 0 saturated carbocycles. The minimum absolute atomic E-state index is 0.0383. The Bertz CT molecular complexity index is 616. The van der Waals surface area contributed by atoms with Crippen LogP contribution in [0.15, 0.2) is 29.2 Å². The van der Waals surface area contributed by atoms with Gasteiger partial charge in [-0.15, -0.1) is 0 Å². The van der Waals surface area contributed by atoms with E-state index in [4.69, 9.17) is 0 Å². The van der Waals surface area contributed by atoms with Crippen molar-refractivity contribution in [3.63, 3.8) is 0 Å². The molecule has 1 fully saturated rings. The number of sulfonamides is 1. The summed E-state index contributed by atoms with van der Waals surface area (Å²) in [6, 6.07) is 7.40. The van der Waals surface area contributed by atoms with Crippen molar-refractivity contribution in [3.05, 3.63) is 29.8 Å². The highest BCUT2D eigenvalue weighted by Gasteiger charge is 2.27. The molecule has 1 saturated heterocycles. The van der Waals surface area contributed by atoms with Gasteiger partial charge in [0.2, 0.25) is 10.0 Å². The summed E-state index contributed by atoms with van der Waals surface area (Å²) < 4.78 is 27.2. The third-order valence-electron chi connectivity index (χ3n) is 4.64. The second-order valence-corrected chi connectivity index (χ2v) is 8.81. The molecule has 2 N–H and O–H groups in total. The predicted molar refractivity (Wildman–Crippen MR) is 96.4 cm³/mol. The molecule has 5 nitrogen and oxygen atoms in total. The van der Waals surface area contributed by atoms with Crippen molar-refractivity contribution in [3.8, 4) is 0 Å². The van der Waals surface area contributed by atoms with Gasteiger partial charge in [-0.25, -0.2) is 13.1 Å². The molecule has 0 radical (unpaired) electrons. The fourth-order valence-electron chi connectivity index (χ4n) is 3.39. The van der Waals surface area contributed by atoms with Crippen molar-refractivity contribution in [2.75, 3.05) is 19.6 Å². The van der Waals surface area contributed by atoms with Crippen molar-refractivity contribution >= 4 is 10.0 Å². The van der Waals surface area contributed by atoms with E-state index in [-0.39, 0.29) is 11.4 Å². The minimum atomic E-state index is -3.57. The average Bonchev–Trinajstić information content (AvgIpc) is 2.84. The van der Waals surface area contributed by atoms with Crippen molar-refractivity contribution in [2.24, 2.45) is 5.92 Å². The Labute approximate surface area is 146 Å². The average molecular weight is 355 g/mol. The lowest BCUT2D eigenvalue weighted by molar-refractivity contribution is 0.111. The van der Waals surface area contributed by atoms with Crippen LogP contribution in [0.4, 0.5) is 0 Å². The molecule has 0 aromatic heterocycles. The number of nitrogens with one attached hydrogen (secondary N) is 1. The summed E-state index contributed by atoms with van der Waals surface area (Å²) in [5, 5.41) is 10.2. The summed E-state index contributed by atoms with van der Waals surface area (Å²) in [5.74, 6) is 0.630. The van der Waals surface area contributed by atoms with Gasteiger partial charge in [0.05, 0.1) is 11.0 Å². The Morgan fingerprint density at radius 3 is 2.50 bits per heavy atom. The summed E-state index contributed by atoms with van der Waals surface area (Å²) in [6.45, 7) is 7.95. The summed E-state index contributed by atoms with van der Waals surface area (Å²) in [4.78, 5) is 2.47. The predicted octanol–water partition coefficient (Wildman–Crippen LogP) is 2.01. The van der Waals surface area contributed by atoms with Crippen LogP contribution in [0.25, 0.3) is 0 Å². The molecule has 0 amide bonds. The van der Waals surface area contributed by atoms with Crippen LogP contribution >= 0.6 is 0 Å². The minimum Gasteiger partial charge on any atom is -0.390 e. The number of likely N-dealkylation sites (tertiary alicyclic amines) is 1. The molecule has 3 atom stereocenters. The molecule has 24 heavy (non-hydrogen) atoms. The molecule has 2 unspecified atom stereocenters. The number of benzene rings is 1. The lowest BCUT2D eigenvalue weighted by Gasteiger charge is -2.24. The lowest BCUT2D eigenvalue weighted by atomic mass is 10.1. The van der Waals surface area contributed by atoms with E-state index in [0.717, 1.165) is 31.4 Å². The normalized spacial score (nSPS) is 23.5. The van der Waals surface area contributed by atoms with Gasteiger partial charge in [0.15, 0.2) is 0 Å². The largest absolute Gasteiger partial charge is 0.390 e. The summed E-state index contributed by atoms with van der Waals surface area (Å²) in [7, 11) is -3.57. The fraction of sp³-hybridized carbons (Fsp3) is 0.667. The highest BCUT2D eigenvalue weighted by atomic mass is 32.2. The zero-order valence-electron chi connectivity index (χ0n) is 14.9. The van der Waals surface area contributed by atoms with Crippen molar-refractivity contribution in [1.29, 1.82) is 0 Å². The summed E-state index contributed by atoms with van der Waals surface area (Å²) in [6.07, 6.45) is 2.40. The van der Waals surface area contributed by atoms with Crippen molar-refractivity contribution in [2.45, 2.75) is 57.1 Å². The lowest BCUT2D eigenvalue weighted by Crippen LogP contribution is -2.41. The second kappa shape index (κ2) is 8.43. The van der Waals surface area contributed by atoms with E-state index in [1.54, 1.807) is 12.1 Å². The van der Waals surface area contributed by atoms with E-state index >= 15 is 0 Å². The Morgan fingerprint density at radius 2 is 1.96 bits per heavy atom. The monoisotopic (exact) mass is 354 g/mol. The van der Waals surface area contributed by atoms with Gasteiger partial charge >= 0.3 is 0 Å². The number of rotatable bonds is 8. The Hall–Kier alpha value is -0.950. The molecular weight excluding hydrogens is 324 g/mol. The highest BCUT2D eigenvalue weighted by molar-refractivity contribution is 7.89. The smallest absolute Gasteiger partial charge is 0.240 e. The molecule has 1 aromatic rings. The molecule has 0 aliphatic carbocycles. The van der Waals surface area contributed by atoms with E-state index in [1.165, 1.54) is 0 Å². The number of hydrogen-bond acceptors (Lipinski definition) is 4. The van der Waals surface area contributed by atoms with Gasteiger partial charge in [-0.2, -0.15) is 0 Å². The van der Waals surface area contributed by atoms with E-state index in [2.05, 4.69) is 30.4 Å². The number of aliphatic hydroxyl groups is 1. The van der Waals surface area contributed by atoms with Crippen LogP contribution in [0.3, 0.4) is 0 Å². The summed E-state index contributed by atoms with van der Waals surface area (Å²) >= 11 is 0. The maximum atomic E-state index is 12.3. The van der Waals surface area contributed by atoms with Crippen molar-refractivity contribution in [1.82, 2.24) is 9.62 Å². The SMILES string of the molecule is CCCc1ccc(S(=O)(=O)NC[C@@H](O)CN2CC(C)CC2C)cc1. The van der Waals surface area contributed by atoms with E-state index < -0.39 is 16.1 Å². The van der Waals surface area contributed by atoms with Gasteiger partial charge < -0.3 is 5.11 Å². The van der Waals surface area contributed by atoms with Crippen molar-refractivity contribution < 1.29 is 13.5 Å². The van der Waals surface area contributed by atoms with Gasteiger partial charge in [0.25, 0.3) is 0 Å². The topological polar surface area (TPSA) is 69.6 Å².